The highest BCUT2D eigenvalue weighted by atomic mass is 16.8. The van der Waals surface area contributed by atoms with Gasteiger partial charge in [0, 0.05) is 10.5 Å². The van der Waals surface area contributed by atoms with Crippen molar-refractivity contribution in [2.45, 2.75) is 146 Å². The number of benzene rings is 4. The van der Waals surface area contributed by atoms with Gasteiger partial charge in [0.05, 0.1) is 35.9 Å². The number of rotatable bonds is 26. The van der Waals surface area contributed by atoms with E-state index in [0.29, 0.717) is 12.0 Å². The van der Waals surface area contributed by atoms with Crippen LogP contribution in [-0.4, -0.2) is 74.0 Å². The Morgan fingerprint density at radius 2 is 1.11 bits per heavy atom. The Morgan fingerprint density at radius 1 is 0.631 bits per heavy atom. The number of unbranched alkanes of at least 4 members (excludes halogenated alkanes) is 12. The van der Waals surface area contributed by atoms with E-state index in [2.05, 4.69) is 16.9 Å². The Bertz CT molecular complexity index is 2050. The van der Waals surface area contributed by atoms with E-state index in [-0.39, 0.29) is 24.3 Å². The van der Waals surface area contributed by atoms with Gasteiger partial charge in [0.2, 0.25) is 0 Å². The van der Waals surface area contributed by atoms with Crippen LogP contribution in [0.4, 0.5) is 0 Å². The Hall–Kier alpha value is -5.56. The van der Waals surface area contributed by atoms with Crippen LogP contribution in [0.1, 0.15) is 140 Å². The molecule has 0 aromatic heterocycles. The van der Waals surface area contributed by atoms with Crippen LogP contribution in [0.15, 0.2) is 126 Å². The van der Waals surface area contributed by atoms with Gasteiger partial charge in [0.25, 0.3) is 0 Å². The van der Waals surface area contributed by atoms with Crippen LogP contribution in [0.5, 0.6) is 0 Å². The lowest BCUT2D eigenvalue weighted by atomic mass is 9.96. The minimum atomic E-state index is -1.38. The number of nitrogens with zero attached hydrogens (tertiary/aromatic N) is 3. The Kier molecular flexibility index (Phi) is 20.3. The molecule has 0 radical (unpaired) electrons. The topological polar surface area (TPSA) is 165 Å². The third-order valence-corrected chi connectivity index (χ3v) is 11.8. The zero-order valence-electron chi connectivity index (χ0n) is 37.4. The van der Waals surface area contributed by atoms with Crippen molar-refractivity contribution >= 4 is 17.9 Å². The van der Waals surface area contributed by atoms with E-state index in [1.807, 2.05) is 36.4 Å². The molecule has 65 heavy (non-hydrogen) atoms. The van der Waals surface area contributed by atoms with E-state index < -0.39 is 67.0 Å². The fourth-order valence-electron chi connectivity index (χ4n) is 8.20. The van der Waals surface area contributed by atoms with Gasteiger partial charge in [0.1, 0.15) is 18.3 Å². The summed E-state index contributed by atoms with van der Waals surface area (Å²) in [5.41, 5.74) is 11.4. The van der Waals surface area contributed by atoms with Crippen LogP contribution in [0, 0.1) is 0 Å². The summed E-state index contributed by atoms with van der Waals surface area (Å²) in [5.74, 6) is -1.96. The average molecular weight is 890 g/mol. The van der Waals surface area contributed by atoms with E-state index in [0.717, 1.165) is 31.2 Å². The van der Waals surface area contributed by atoms with Gasteiger partial charge in [-0.25, -0.2) is 14.4 Å². The van der Waals surface area contributed by atoms with E-state index in [4.69, 9.17) is 33.2 Å². The number of fused-ring (bicyclic) bond motifs is 1. The number of ether oxygens (including phenoxy) is 7. The predicted octanol–water partition coefficient (Wildman–Crippen LogP) is 11.7. The zero-order chi connectivity index (χ0) is 45.5. The van der Waals surface area contributed by atoms with Crippen LogP contribution in [0.3, 0.4) is 0 Å². The highest BCUT2D eigenvalue weighted by Crippen LogP contribution is 2.38. The summed E-state index contributed by atoms with van der Waals surface area (Å²) in [4.78, 5) is 44.3. The van der Waals surface area contributed by atoms with Crippen LogP contribution < -0.4 is 0 Å². The van der Waals surface area contributed by atoms with E-state index in [1.165, 1.54) is 57.8 Å². The second kappa shape index (κ2) is 27.0. The fourth-order valence-corrected chi connectivity index (χ4v) is 8.20. The lowest BCUT2D eigenvalue weighted by molar-refractivity contribution is -0.360. The number of carbonyl (C=O) groups excluding carboxylic acids is 3. The number of carbonyl (C=O) groups is 3. The molecule has 4 aromatic carbocycles. The Balaban J connectivity index is 1.19. The smallest absolute Gasteiger partial charge is 0.338 e. The second-order valence-corrected chi connectivity index (χ2v) is 16.6. The summed E-state index contributed by atoms with van der Waals surface area (Å²) in [6.45, 7) is 1.95. The highest BCUT2D eigenvalue weighted by Gasteiger charge is 2.54. The molecule has 0 spiro atoms. The first-order chi connectivity index (χ1) is 31.9. The van der Waals surface area contributed by atoms with Gasteiger partial charge in [0.15, 0.2) is 24.8 Å². The first-order valence-corrected chi connectivity index (χ1v) is 23.4. The fraction of sp³-hybridized carbons (Fsp3) is 0.481. The van der Waals surface area contributed by atoms with E-state index >= 15 is 0 Å². The molecular formula is C52H63N3O10. The largest absolute Gasteiger partial charge is 0.458 e. The molecule has 8 atom stereocenters. The standard InChI is InChI=1S/C52H63N3O10/c1-2-3-4-5-6-7-8-9-10-11-12-13-26-35-43(61-48(56)38-27-18-14-19-28-38)42(54-55-53)36-59-52-47(64-50(58)40-31-22-16-23-32-40)46(63-49(57)39-29-20-15-21-30-39)45-44(62-52)37-60-51(65-45)41-33-24-17-25-34-41/h14-25,27-34,42-47,51-52H,2-13,26,35-37H2,1H3/t42-,43+,44+,45-,46-,47+,51?,52-/m0/s1. The molecule has 0 N–H and O–H groups in total. The van der Waals surface area contributed by atoms with Crippen LogP contribution >= 0.6 is 0 Å². The van der Waals surface area contributed by atoms with Gasteiger partial charge in [-0.15, -0.1) is 0 Å². The molecule has 0 saturated carbocycles. The molecule has 346 valence electrons. The van der Waals surface area contributed by atoms with Crippen molar-refractivity contribution in [3.63, 3.8) is 0 Å². The number of azide groups is 1. The van der Waals surface area contributed by atoms with Gasteiger partial charge in [-0.3, -0.25) is 0 Å². The molecule has 2 saturated heterocycles. The first kappa shape index (κ1) is 48.9. The van der Waals surface area contributed by atoms with Crippen molar-refractivity contribution in [2.24, 2.45) is 5.11 Å². The first-order valence-electron chi connectivity index (χ1n) is 23.4. The Morgan fingerprint density at radius 3 is 1.63 bits per heavy atom. The van der Waals surface area contributed by atoms with E-state index in [1.54, 1.807) is 84.9 Å². The van der Waals surface area contributed by atoms with E-state index in [9.17, 15) is 19.9 Å². The predicted molar refractivity (Wildman–Crippen MR) is 245 cm³/mol. The second-order valence-electron chi connectivity index (χ2n) is 16.6. The zero-order valence-corrected chi connectivity index (χ0v) is 37.4. The number of hydrogen-bond acceptors (Lipinski definition) is 11. The molecule has 13 heteroatoms. The maximum absolute atomic E-state index is 13.9. The SMILES string of the molecule is CCCCCCCCCCCCCCC[C@@H](OC(=O)c1ccccc1)[C@H](CO[C@H]1O[C@@H]2COC(c3ccccc3)O[C@@H]2[C@H](OC(=O)c2ccccc2)[C@H]1OC(=O)c1ccccc1)N=[N+]=[N-]. The van der Waals surface area contributed by atoms with Crippen molar-refractivity contribution in [1.82, 2.24) is 0 Å². The summed E-state index contributed by atoms with van der Waals surface area (Å²) in [6.07, 6.45) is 8.14. The lowest BCUT2D eigenvalue weighted by Gasteiger charge is -2.48. The normalized spacial score (nSPS) is 21.2. The van der Waals surface area contributed by atoms with Gasteiger partial charge in [-0.2, -0.15) is 0 Å². The summed E-state index contributed by atoms with van der Waals surface area (Å²) >= 11 is 0. The summed E-state index contributed by atoms with van der Waals surface area (Å²) in [7, 11) is 0. The molecule has 2 aliphatic heterocycles. The van der Waals surface area contributed by atoms with Crippen LogP contribution in [-0.2, 0) is 33.2 Å². The minimum absolute atomic E-state index is 0.0129. The van der Waals surface area contributed by atoms with Gasteiger partial charge < -0.3 is 33.2 Å². The number of esters is 3. The molecule has 13 nitrogen and oxygen atoms in total. The number of hydrogen-bond donors (Lipinski definition) is 0. The quantitative estimate of drug-likeness (QED) is 0.0148. The van der Waals surface area contributed by atoms with Crippen molar-refractivity contribution in [3.8, 4) is 0 Å². The van der Waals surface area contributed by atoms with Crippen LogP contribution in [0.2, 0.25) is 0 Å². The monoisotopic (exact) mass is 889 g/mol. The molecule has 6 rings (SSSR count). The van der Waals surface area contributed by atoms with Gasteiger partial charge in [-0.1, -0.05) is 174 Å². The third kappa shape index (κ3) is 15.3. The van der Waals surface area contributed by atoms with Crippen molar-refractivity contribution in [2.75, 3.05) is 13.2 Å². The molecule has 1 unspecified atom stereocenters. The maximum Gasteiger partial charge on any atom is 0.338 e. The third-order valence-electron chi connectivity index (χ3n) is 11.8. The van der Waals surface area contributed by atoms with Crippen molar-refractivity contribution in [3.05, 3.63) is 154 Å². The molecule has 2 aliphatic rings. The summed E-state index contributed by atoms with van der Waals surface area (Å²) in [5, 5.41) is 4.08. The molecule has 0 amide bonds. The van der Waals surface area contributed by atoms with Crippen molar-refractivity contribution < 1.29 is 47.5 Å². The Labute approximate surface area is 382 Å². The minimum Gasteiger partial charge on any atom is -0.458 e. The summed E-state index contributed by atoms with van der Waals surface area (Å²) < 4.78 is 44.1. The molecule has 2 heterocycles. The molecule has 2 fully saturated rings. The molecule has 4 aromatic rings. The lowest BCUT2D eigenvalue weighted by Crippen LogP contribution is -2.64. The van der Waals surface area contributed by atoms with Gasteiger partial charge >= 0.3 is 17.9 Å². The van der Waals surface area contributed by atoms with Crippen LogP contribution in [0.25, 0.3) is 10.4 Å². The average Bonchev–Trinajstić information content (AvgIpc) is 3.35. The molecular weight excluding hydrogens is 827 g/mol. The summed E-state index contributed by atoms with van der Waals surface area (Å²) in [6, 6.07) is 33.8. The van der Waals surface area contributed by atoms with Gasteiger partial charge in [-0.05, 0) is 54.8 Å². The van der Waals surface area contributed by atoms with Crippen molar-refractivity contribution in [1.29, 1.82) is 0 Å². The molecule has 0 bridgehead atoms. The molecule has 0 aliphatic carbocycles. The highest BCUT2D eigenvalue weighted by molar-refractivity contribution is 5.90. The maximum atomic E-state index is 13.9.